The summed E-state index contributed by atoms with van der Waals surface area (Å²) in [6, 6.07) is 7.28. The molecule has 1 aliphatic rings. The Hall–Kier alpha value is -3.10. The minimum absolute atomic E-state index is 0.200. The summed E-state index contributed by atoms with van der Waals surface area (Å²) in [5.74, 6) is -1.42. The van der Waals surface area contributed by atoms with E-state index in [-0.39, 0.29) is 36.6 Å². The maximum atomic E-state index is 12.7. The Kier molecular flexibility index (Phi) is 6.91. The molecule has 0 unspecified atom stereocenters. The molecule has 2 heterocycles. The van der Waals surface area contributed by atoms with Gasteiger partial charge in [-0.05, 0) is 31.4 Å². The Labute approximate surface area is 174 Å². The first-order valence-corrected chi connectivity index (χ1v) is 10.2. The molecule has 3 rings (SSSR count). The van der Waals surface area contributed by atoms with Crippen LogP contribution in [0.4, 0.5) is 0 Å². The molecule has 1 saturated heterocycles. The van der Waals surface area contributed by atoms with Crippen LogP contribution < -0.4 is 5.69 Å². The number of fused-ring (bicyclic) bond motifs is 1. The number of methoxy groups -OCH3 is 1. The third kappa shape index (κ3) is 4.55. The molecule has 0 bridgehead atoms. The van der Waals surface area contributed by atoms with Crippen LogP contribution in [0.15, 0.2) is 29.1 Å². The Bertz CT molecular complexity index is 984. The lowest BCUT2D eigenvalue weighted by atomic mass is 9.97. The number of rotatable bonds is 7. The summed E-state index contributed by atoms with van der Waals surface area (Å²) in [5.41, 5.74) is 1.15. The fraction of sp³-hybridized carbons (Fsp3) is 0.524. The Balaban J connectivity index is 1.58. The zero-order valence-corrected chi connectivity index (χ0v) is 17.3. The molecule has 9 heteroatoms. The highest BCUT2D eigenvalue weighted by Gasteiger charge is 2.28. The van der Waals surface area contributed by atoms with E-state index in [9.17, 15) is 19.2 Å². The van der Waals surface area contributed by atoms with Gasteiger partial charge in [-0.15, -0.1) is 0 Å². The fourth-order valence-corrected chi connectivity index (χ4v) is 3.80. The lowest BCUT2D eigenvalue weighted by Crippen LogP contribution is -2.42. The number of aryl methyl sites for hydroxylation is 1. The van der Waals surface area contributed by atoms with E-state index in [1.54, 1.807) is 21.6 Å². The molecule has 1 fully saturated rings. The van der Waals surface area contributed by atoms with Crippen molar-refractivity contribution >= 4 is 28.9 Å². The van der Waals surface area contributed by atoms with Crippen LogP contribution in [-0.2, 0) is 36.9 Å². The largest absolute Gasteiger partial charge is 0.469 e. The van der Waals surface area contributed by atoms with Crippen molar-refractivity contribution in [1.82, 2.24) is 14.0 Å². The topological polar surface area (TPSA) is 99.8 Å². The number of likely N-dealkylation sites (tertiary alicyclic amines) is 1. The molecule has 1 aliphatic heterocycles. The molecule has 1 aromatic heterocycles. The highest BCUT2D eigenvalue weighted by atomic mass is 16.5. The van der Waals surface area contributed by atoms with Gasteiger partial charge in [0.05, 0.1) is 24.1 Å². The number of para-hydroxylation sites is 2. The van der Waals surface area contributed by atoms with E-state index in [1.807, 2.05) is 19.1 Å². The average Bonchev–Trinajstić information content (AvgIpc) is 3.03. The third-order valence-corrected chi connectivity index (χ3v) is 5.40. The zero-order valence-electron chi connectivity index (χ0n) is 17.3. The highest BCUT2D eigenvalue weighted by molar-refractivity contribution is 5.82. The number of imidazole rings is 1. The minimum Gasteiger partial charge on any atom is -0.469 e. The van der Waals surface area contributed by atoms with Gasteiger partial charge in [0.25, 0.3) is 5.91 Å². The first-order valence-electron chi connectivity index (χ1n) is 10.2. The van der Waals surface area contributed by atoms with Crippen LogP contribution in [0, 0.1) is 5.92 Å². The van der Waals surface area contributed by atoms with E-state index in [1.165, 1.54) is 11.7 Å². The van der Waals surface area contributed by atoms with Crippen molar-refractivity contribution in [2.45, 2.75) is 39.3 Å². The van der Waals surface area contributed by atoms with E-state index in [2.05, 4.69) is 0 Å². The maximum absolute atomic E-state index is 12.7. The molecule has 2 aromatic rings. The van der Waals surface area contributed by atoms with Crippen LogP contribution in [0.3, 0.4) is 0 Å². The van der Waals surface area contributed by atoms with Crippen LogP contribution in [0.1, 0.15) is 26.2 Å². The smallest absolute Gasteiger partial charge is 0.329 e. The normalized spacial score (nSPS) is 14.7. The first-order chi connectivity index (χ1) is 14.5. The molecule has 0 radical (unpaired) electrons. The van der Waals surface area contributed by atoms with Gasteiger partial charge in [0.2, 0.25) is 0 Å². The summed E-state index contributed by atoms with van der Waals surface area (Å²) in [6.45, 7) is 2.73. The fourth-order valence-electron chi connectivity index (χ4n) is 3.80. The van der Waals surface area contributed by atoms with E-state index in [4.69, 9.17) is 9.47 Å². The average molecular weight is 417 g/mol. The molecule has 0 atom stereocenters. The number of piperidine rings is 1. The van der Waals surface area contributed by atoms with Crippen LogP contribution in [0.25, 0.3) is 11.0 Å². The van der Waals surface area contributed by atoms with Crippen molar-refractivity contribution in [2.75, 3.05) is 26.8 Å². The predicted octanol–water partition coefficient (Wildman–Crippen LogP) is 1.17. The highest BCUT2D eigenvalue weighted by Crippen LogP contribution is 2.18. The molecule has 9 nitrogen and oxygen atoms in total. The molecule has 162 valence electrons. The Morgan fingerprint density at radius 2 is 1.70 bits per heavy atom. The second kappa shape index (κ2) is 9.60. The predicted molar refractivity (Wildman–Crippen MR) is 109 cm³/mol. The van der Waals surface area contributed by atoms with Crippen LogP contribution >= 0.6 is 0 Å². The van der Waals surface area contributed by atoms with Crippen molar-refractivity contribution in [3.05, 3.63) is 34.7 Å². The van der Waals surface area contributed by atoms with Gasteiger partial charge in [0, 0.05) is 19.6 Å². The monoisotopic (exact) mass is 417 g/mol. The van der Waals surface area contributed by atoms with Gasteiger partial charge in [0.1, 0.15) is 6.54 Å². The number of hydrogen-bond donors (Lipinski definition) is 0. The molecule has 0 saturated carbocycles. The number of nitrogens with zero attached hydrogens (tertiary/aromatic N) is 3. The van der Waals surface area contributed by atoms with Gasteiger partial charge in [-0.25, -0.2) is 4.79 Å². The van der Waals surface area contributed by atoms with Gasteiger partial charge in [-0.2, -0.15) is 0 Å². The zero-order chi connectivity index (χ0) is 21.7. The van der Waals surface area contributed by atoms with Gasteiger partial charge < -0.3 is 14.4 Å². The van der Waals surface area contributed by atoms with Crippen molar-refractivity contribution in [3.63, 3.8) is 0 Å². The van der Waals surface area contributed by atoms with E-state index in [0.29, 0.717) is 38.0 Å². The number of ether oxygens (including phenoxy) is 2. The summed E-state index contributed by atoms with van der Waals surface area (Å²) < 4.78 is 12.9. The molecule has 0 aliphatic carbocycles. The number of benzene rings is 1. The van der Waals surface area contributed by atoms with E-state index >= 15 is 0 Å². The number of esters is 2. The first kappa shape index (κ1) is 21.6. The second-order valence-corrected chi connectivity index (χ2v) is 7.35. The molecule has 30 heavy (non-hydrogen) atoms. The van der Waals surface area contributed by atoms with Crippen molar-refractivity contribution < 1.29 is 23.9 Å². The SMILES string of the molecule is CCCn1c(=O)n(CC(=O)OCC(=O)N2CCC(C(=O)OC)CC2)c2ccccc21. The number of carbonyl (C=O) groups excluding carboxylic acids is 3. The Morgan fingerprint density at radius 1 is 1.07 bits per heavy atom. The number of amides is 1. The summed E-state index contributed by atoms with van der Waals surface area (Å²) >= 11 is 0. The summed E-state index contributed by atoms with van der Waals surface area (Å²) in [7, 11) is 1.35. The van der Waals surface area contributed by atoms with E-state index < -0.39 is 5.97 Å². The summed E-state index contributed by atoms with van der Waals surface area (Å²) in [4.78, 5) is 50.5. The minimum atomic E-state index is -0.644. The van der Waals surface area contributed by atoms with Gasteiger partial charge >= 0.3 is 17.6 Å². The van der Waals surface area contributed by atoms with Gasteiger partial charge in [0.15, 0.2) is 6.61 Å². The van der Waals surface area contributed by atoms with Gasteiger partial charge in [-0.1, -0.05) is 19.1 Å². The number of hydrogen-bond acceptors (Lipinski definition) is 6. The number of aromatic nitrogens is 2. The number of carbonyl (C=O) groups is 3. The molecular weight excluding hydrogens is 390 g/mol. The molecule has 1 aromatic carbocycles. The quantitative estimate of drug-likeness (QED) is 0.627. The molecular formula is C21H27N3O6. The lowest BCUT2D eigenvalue weighted by molar-refractivity contribution is -0.154. The summed E-state index contributed by atoms with van der Waals surface area (Å²) in [5, 5.41) is 0. The van der Waals surface area contributed by atoms with E-state index in [0.717, 1.165) is 11.9 Å². The standard InChI is InChI=1S/C21H27N3O6/c1-3-10-23-16-6-4-5-7-17(16)24(21(23)28)13-19(26)30-14-18(25)22-11-8-15(9-12-22)20(27)29-2/h4-7,15H,3,8-14H2,1-2H3. The van der Waals surface area contributed by atoms with Crippen molar-refractivity contribution in [1.29, 1.82) is 0 Å². The van der Waals surface area contributed by atoms with Crippen molar-refractivity contribution in [3.8, 4) is 0 Å². The molecule has 1 amide bonds. The summed E-state index contributed by atoms with van der Waals surface area (Å²) in [6.07, 6.45) is 1.84. The Morgan fingerprint density at radius 3 is 2.30 bits per heavy atom. The third-order valence-electron chi connectivity index (χ3n) is 5.40. The second-order valence-electron chi connectivity index (χ2n) is 7.35. The molecule has 0 N–H and O–H groups in total. The lowest BCUT2D eigenvalue weighted by Gasteiger charge is -2.30. The van der Waals surface area contributed by atoms with Gasteiger partial charge in [-0.3, -0.25) is 23.5 Å². The molecule has 0 spiro atoms. The van der Waals surface area contributed by atoms with Crippen molar-refractivity contribution in [2.24, 2.45) is 5.92 Å². The van der Waals surface area contributed by atoms with Crippen LogP contribution in [0.2, 0.25) is 0 Å². The maximum Gasteiger partial charge on any atom is 0.329 e. The van der Waals surface area contributed by atoms with Crippen LogP contribution in [-0.4, -0.2) is 58.7 Å². The van der Waals surface area contributed by atoms with Crippen LogP contribution in [0.5, 0.6) is 0 Å².